The summed E-state index contributed by atoms with van der Waals surface area (Å²) in [5.74, 6) is 2.27. The second kappa shape index (κ2) is 21.6. The molecule has 0 unspecified atom stereocenters. The predicted octanol–water partition coefficient (Wildman–Crippen LogP) is 3.30. The normalized spacial score (nSPS) is 50.6. The molecule has 18 nitrogen and oxygen atoms in total. The van der Waals surface area contributed by atoms with Gasteiger partial charge >= 0.3 is 0 Å². The van der Waals surface area contributed by atoms with Gasteiger partial charge in [0, 0.05) is 22.5 Å². The lowest BCUT2D eigenvalue weighted by molar-refractivity contribution is -0.389. The number of aliphatic hydroxyl groups is 7. The van der Waals surface area contributed by atoms with E-state index in [1.165, 1.54) is 12.5 Å². The van der Waals surface area contributed by atoms with Crippen molar-refractivity contribution in [3.05, 3.63) is 45.0 Å². The summed E-state index contributed by atoms with van der Waals surface area (Å²) < 4.78 is 57.9. The Morgan fingerprint density at radius 3 is 2.23 bits per heavy atom. The second-order valence-corrected chi connectivity index (χ2v) is 24.8. The molecule has 26 atom stereocenters. The van der Waals surface area contributed by atoms with E-state index in [-0.39, 0.29) is 42.1 Å². The molecular weight excluding hydrogens is 1060 g/mol. The summed E-state index contributed by atoms with van der Waals surface area (Å²) in [5, 5.41) is 80.9. The van der Waals surface area contributed by atoms with Gasteiger partial charge in [-0.05, 0) is 140 Å². The molecule has 3 saturated carbocycles. The number of rotatable bonds is 12. The number of hydrogen-bond donors (Lipinski definition) is 8. The number of carbonyl (C=O) groups excluding carboxylic acids is 1. The Morgan fingerprint density at radius 2 is 1.51 bits per heavy atom. The van der Waals surface area contributed by atoms with Crippen LogP contribution in [0.3, 0.4) is 0 Å². The van der Waals surface area contributed by atoms with Crippen molar-refractivity contribution in [3.8, 4) is 0 Å². The van der Waals surface area contributed by atoms with Crippen LogP contribution in [0.2, 0.25) is 0 Å². The molecule has 9 aliphatic rings. The van der Waals surface area contributed by atoms with Gasteiger partial charge in [0.25, 0.3) is 5.91 Å². The standard InChI is InChI=1S/C54H80INO17/c1-25-13-18-54(66-24-25)26(2)38-36(73-54)22-34-31-12-11-29-21-30(14-16-52(29,5)33(31)15-17-53(34,38)6)69-51-47(72-49-42(61)40(59)39(58)27(3)67-49)44(63)46(37(23-57)70-51)71-50-43(62)41(60)45(28(4)68-50)65-20-19-56-48(64)32-9-7-8-10-35(32)55/h7-11,25-28,30-31,33-34,36-47,49-51,57-63H,12-24H2,1-6H3,(H,56,64)/t25-,26+,27-,28-,30+,31-,33+,34+,36+,37-,38+,39-,40+,41-,42+,43+,44+,45-,46-,47-,49-,50-,51-,52+,53+,54-/m1/s1. The topological polar surface area (TPSA) is 254 Å². The molecule has 1 amide bonds. The van der Waals surface area contributed by atoms with E-state index in [2.05, 4.69) is 61.7 Å². The van der Waals surface area contributed by atoms with Crippen LogP contribution in [-0.4, -0.2) is 178 Å². The molecule has 5 aliphatic heterocycles. The maximum absolute atomic E-state index is 12.7. The molecule has 8 fully saturated rings. The van der Waals surface area contributed by atoms with Gasteiger partial charge < -0.3 is 83.7 Å². The SMILES string of the molecule is C[C@@H]1CC[C@@]2(OC1)O[C@H]1C[C@H]3[C@@H]4CC=C5C[C@@H](O[C@@H]6O[C@H](CO)[C@@H](O[C@H]7O[C@H](C)[C@@H](OCCNC(=O)c8ccccc8I)[C@H](O)[C@@H]7O)[C@H](O)[C@H]6O[C@H]6O[C@H](C)[C@@H](O)[C@H](O)[C@@H]6O)CC[C@]5(C)[C@H]4CC[C@]3(C)[C@H]1[C@@H]2C. The number of ether oxygens (including phenoxy) is 9. The van der Waals surface area contributed by atoms with Crippen molar-refractivity contribution in [2.75, 3.05) is 26.4 Å². The molecule has 19 heteroatoms. The van der Waals surface area contributed by atoms with Crippen molar-refractivity contribution >= 4 is 28.5 Å². The van der Waals surface area contributed by atoms with Gasteiger partial charge in [-0.15, -0.1) is 0 Å². The van der Waals surface area contributed by atoms with Crippen molar-refractivity contribution in [3.63, 3.8) is 0 Å². The largest absolute Gasteiger partial charge is 0.394 e. The summed E-state index contributed by atoms with van der Waals surface area (Å²) in [6.07, 6.45) is -10.2. The first-order valence-corrected chi connectivity index (χ1v) is 28.1. The second-order valence-electron chi connectivity index (χ2n) is 23.6. The van der Waals surface area contributed by atoms with Crippen molar-refractivity contribution in [2.24, 2.45) is 46.3 Å². The third-order valence-corrected chi connectivity index (χ3v) is 20.4. The number of benzene rings is 1. The van der Waals surface area contributed by atoms with Crippen molar-refractivity contribution < 1.29 is 83.2 Å². The zero-order valence-electron chi connectivity index (χ0n) is 42.9. The molecule has 0 bridgehead atoms. The highest BCUT2D eigenvalue weighted by atomic mass is 127. The van der Waals surface area contributed by atoms with Gasteiger partial charge in [0.05, 0.1) is 49.8 Å². The quantitative estimate of drug-likeness (QED) is 0.0849. The van der Waals surface area contributed by atoms with E-state index in [9.17, 15) is 40.5 Å². The van der Waals surface area contributed by atoms with Crippen LogP contribution >= 0.6 is 22.6 Å². The van der Waals surface area contributed by atoms with Crippen LogP contribution in [0.15, 0.2) is 35.9 Å². The molecule has 10 rings (SSSR count). The first-order chi connectivity index (χ1) is 34.8. The third-order valence-electron chi connectivity index (χ3n) is 19.4. The van der Waals surface area contributed by atoms with Crippen LogP contribution < -0.4 is 5.32 Å². The number of hydrogen-bond acceptors (Lipinski definition) is 17. The van der Waals surface area contributed by atoms with Gasteiger partial charge in [-0.25, -0.2) is 0 Å². The Morgan fingerprint density at radius 1 is 0.781 bits per heavy atom. The maximum Gasteiger partial charge on any atom is 0.252 e. The fraction of sp³-hybridized carbons (Fsp3) is 0.833. The van der Waals surface area contributed by atoms with Gasteiger partial charge in [0.15, 0.2) is 24.7 Å². The molecule has 5 saturated heterocycles. The number of carbonyl (C=O) groups is 1. The van der Waals surface area contributed by atoms with E-state index in [1.54, 1.807) is 19.1 Å². The Labute approximate surface area is 442 Å². The Balaban J connectivity index is 0.808. The first kappa shape index (κ1) is 54.9. The molecule has 5 heterocycles. The number of halogens is 1. The Bertz CT molecular complexity index is 2130. The zero-order chi connectivity index (χ0) is 51.9. The van der Waals surface area contributed by atoms with Crippen molar-refractivity contribution in [1.29, 1.82) is 0 Å². The molecular formula is C54H80INO17. The lowest BCUT2D eigenvalue weighted by Gasteiger charge is -2.58. The van der Waals surface area contributed by atoms with Crippen molar-refractivity contribution in [2.45, 2.75) is 209 Å². The molecule has 0 radical (unpaired) electrons. The monoisotopic (exact) mass is 1140 g/mol. The van der Waals surface area contributed by atoms with Crippen LogP contribution in [0.5, 0.6) is 0 Å². The number of fused-ring (bicyclic) bond motifs is 7. The van der Waals surface area contributed by atoms with E-state index in [0.717, 1.165) is 55.1 Å². The van der Waals surface area contributed by atoms with Crippen molar-refractivity contribution in [1.82, 2.24) is 5.32 Å². The lowest BCUT2D eigenvalue weighted by atomic mass is 9.47. The highest BCUT2D eigenvalue weighted by Crippen LogP contribution is 2.70. The first-order valence-electron chi connectivity index (χ1n) is 27.1. The van der Waals surface area contributed by atoms with Gasteiger partial charge in [0.2, 0.25) is 0 Å². The number of nitrogens with one attached hydrogen (secondary N) is 1. The fourth-order valence-corrected chi connectivity index (χ4v) is 15.9. The van der Waals surface area contributed by atoms with E-state index >= 15 is 0 Å². The smallest absolute Gasteiger partial charge is 0.252 e. The average Bonchev–Trinajstić information content (AvgIpc) is 3.82. The lowest BCUT2D eigenvalue weighted by Crippen LogP contribution is -2.66. The van der Waals surface area contributed by atoms with Crippen LogP contribution in [0.4, 0.5) is 0 Å². The molecule has 1 spiro atoms. The minimum Gasteiger partial charge on any atom is -0.394 e. The van der Waals surface area contributed by atoms with Gasteiger partial charge in [-0.1, -0.05) is 51.5 Å². The molecule has 8 N–H and O–H groups in total. The van der Waals surface area contributed by atoms with Crippen LogP contribution in [-0.2, 0) is 42.6 Å². The molecule has 1 aromatic rings. The minimum atomic E-state index is -1.73. The van der Waals surface area contributed by atoms with E-state index < -0.39 is 105 Å². The van der Waals surface area contributed by atoms with E-state index in [4.69, 9.17) is 42.6 Å². The number of amides is 1. The molecule has 73 heavy (non-hydrogen) atoms. The summed E-state index contributed by atoms with van der Waals surface area (Å²) in [6, 6.07) is 7.14. The Hall–Kier alpha value is -1.48. The summed E-state index contributed by atoms with van der Waals surface area (Å²) in [4.78, 5) is 12.7. The molecule has 410 valence electrons. The summed E-state index contributed by atoms with van der Waals surface area (Å²) in [6.45, 7) is 13.0. The zero-order valence-corrected chi connectivity index (χ0v) is 45.1. The maximum atomic E-state index is 12.7. The highest BCUT2D eigenvalue weighted by molar-refractivity contribution is 14.1. The molecule has 4 aliphatic carbocycles. The highest BCUT2D eigenvalue weighted by Gasteiger charge is 2.69. The number of aliphatic hydroxyl groups excluding tert-OH is 7. The molecule has 0 aromatic heterocycles. The summed E-state index contributed by atoms with van der Waals surface area (Å²) >= 11 is 2.08. The minimum absolute atomic E-state index is 0.00444. The summed E-state index contributed by atoms with van der Waals surface area (Å²) in [5.41, 5.74) is 2.00. The van der Waals surface area contributed by atoms with E-state index in [0.29, 0.717) is 53.9 Å². The Kier molecular flexibility index (Phi) is 16.3. The predicted molar refractivity (Wildman–Crippen MR) is 268 cm³/mol. The van der Waals surface area contributed by atoms with Crippen LogP contribution in [0.25, 0.3) is 0 Å². The van der Waals surface area contributed by atoms with Crippen LogP contribution in [0.1, 0.15) is 110 Å². The third kappa shape index (κ3) is 9.94. The van der Waals surface area contributed by atoms with Gasteiger partial charge in [-0.3, -0.25) is 4.79 Å². The number of allylic oxidation sites excluding steroid dienone is 1. The van der Waals surface area contributed by atoms with E-state index in [1.807, 2.05) is 12.1 Å². The van der Waals surface area contributed by atoms with Gasteiger partial charge in [-0.2, -0.15) is 0 Å². The molecule has 1 aromatic carbocycles. The summed E-state index contributed by atoms with van der Waals surface area (Å²) in [7, 11) is 0. The van der Waals surface area contributed by atoms with Gasteiger partial charge in [0.1, 0.15) is 61.0 Å². The fourth-order valence-electron chi connectivity index (χ4n) is 15.3. The van der Waals surface area contributed by atoms with Crippen LogP contribution in [0, 0.1) is 49.9 Å². The average molecular weight is 1140 g/mol.